The molecular weight excluding hydrogens is 360 g/mol. The van der Waals surface area contributed by atoms with Crippen molar-refractivity contribution in [3.8, 4) is 0 Å². The molecule has 0 amide bonds. The molecule has 168 valence electrons. The first kappa shape index (κ1) is 24.6. The monoisotopic (exact) mass is 406 g/mol. The van der Waals surface area contributed by atoms with Crippen LogP contribution in [0.1, 0.15) is 67.2 Å². The predicted molar refractivity (Wildman–Crippen MR) is 122 cm³/mol. The van der Waals surface area contributed by atoms with E-state index < -0.39 is 0 Å². The highest BCUT2D eigenvalue weighted by atomic mass is 16.5. The number of rotatable bonds is 8. The zero-order chi connectivity index (χ0) is 22.0. The predicted octanol–water partition coefficient (Wildman–Crippen LogP) is 6.29. The largest absolute Gasteiger partial charge is 0.381 e. The minimum Gasteiger partial charge on any atom is -0.381 e. The second-order valence-electron chi connectivity index (χ2n) is 11.1. The highest BCUT2D eigenvalue weighted by Gasteiger charge is 2.46. The van der Waals surface area contributed by atoms with Crippen molar-refractivity contribution in [3.63, 3.8) is 0 Å². The summed E-state index contributed by atoms with van der Waals surface area (Å²) in [6.07, 6.45) is 5.05. The van der Waals surface area contributed by atoms with E-state index in [-0.39, 0.29) is 23.0 Å². The first-order valence-corrected chi connectivity index (χ1v) is 11.4. The van der Waals surface area contributed by atoms with E-state index in [1.54, 1.807) is 0 Å². The molecule has 0 aliphatic heterocycles. The molecule has 6 atom stereocenters. The fourth-order valence-corrected chi connectivity index (χ4v) is 6.31. The van der Waals surface area contributed by atoms with Crippen molar-refractivity contribution in [2.24, 2.45) is 34.5 Å². The Morgan fingerprint density at radius 1 is 0.759 bits per heavy atom. The lowest BCUT2D eigenvalue weighted by atomic mass is 9.63. The van der Waals surface area contributed by atoms with Gasteiger partial charge in [-0.25, -0.2) is 0 Å². The first-order chi connectivity index (χ1) is 13.5. The van der Waals surface area contributed by atoms with E-state index in [1.165, 1.54) is 36.8 Å². The Kier molecular flexibility index (Phi) is 8.20. The van der Waals surface area contributed by atoms with Crippen molar-refractivity contribution in [2.75, 3.05) is 27.4 Å². The van der Waals surface area contributed by atoms with Crippen LogP contribution in [0, 0.1) is 34.5 Å². The number of allylic oxidation sites excluding steroid dienone is 2. The number of ether oxygens (including phenoxy) is 3. The van der Waals surface area contributed by atoms with Gasteiger partial charge in [-0.2, -0.15) is 0 Å². The van der Waals surface area contributed by atoms with E-state index in [9.17, 15) is 0 Å². The van der Waals surface area contributed by atoms with E-state index >= 15 is 0 Å². The summed E-state index contributed by atoms with van der Waals surface area (Å²) in [5, 5.41) is 0. The third-order valence-corrected chi connectivity index (χ3v) is 7.95. The van der Waals surface area contributed by atoms with Gasteiger partial charge in [0.15, 0.2) is 0 Å². The van der Waals surface area contributed by atoms with Crippen molar-refractivity contribution >= 4 is 0 Å². The molecular formula is C26H46O3. The van der Waals surface area contributed by atoms with Gasteiger partial charge in [0.25, 0.3) is 0 Å². The van der Waals surface area contributed by atoms with Crippen LogP contribution in [0.15, 0.2) is 24.3 Å². The molecule has 3 nitrogen and oxygen atoms in total. The molecule has 29 heavy (non-hydrogen) atoms. The van der Waals surface area contributed by atoms with E-state index in [2.05, 4.69) is 54.7 Å². The highest BCUT2D eigenvalue weighted by molar-refractivity contribution is 5.08. The van der Waals surface area contributed by atoms with Crippen molar-refractivity contribution in [1.82, 2.24) is 0 Å². The molecule has 0 bridgehead atoms. The van der Waals surface area contributed by atoms with Gasteiger partial charge in [-0.15, -0.1) is 0 Å². The minimum atomic E-state index is 0.164. The number of hydrogen-bond donors (Lipinski definition) is 0. The van der Waals surface area contributed by atoms with Crippen LogP contribution < -0.4 is 0 Å². The Morgan fingerprint density at radius 3 is 1.38 bits per heavy atom. The smallest absolute Gasteiger partial charge is 0.0678 e. The molecule has 0 aromatic rings. The molecule has 0 aromatic heterocycles. The molecule has 0 radical (unpaired) electrons. The van der Waals surface area contributed by atoms with Gasteiger partial charge < -0.3 is 14.2 Å². The van der Waals surface area contributed by atoms with Crippen molar-refractivity contribution in [2.45, 2.75) is 79.4 Å². The van der Waals surface area contributed by atoms with E-state index in [1.807, 2.05) is 14.2 Å². The summed E-state index contributed by atoms with van der Waals surface area (Å²) < 4.78 is 18.5. The van der Waals surface area contributed by atoms with Crippen LogP contribution in [0.5, 0.6) is 0 Å². The fraction of sp³-hybridized carbons (Fsp3) is 0.846. The van der Waals surface area contributed by atoms with Gasteiger partial charge in [0, 0.05) is 26.1 Å². The minimum absolute atomic E-state index is 0.164. The second-order valence-corrected chi connectivity index (χ2v) is 11.1. The Bertz CT molecular complexity index is 527. The Morgan fingerprint density at radius 2 is 1.10 bits per heavy atom. The SMILES string of the molecule is C=C(C)[C@@H]1CCC(C)(C)[C@H](OC)[C@@H]1COC[C@H]1[C@@H](OC)C(C)(C)CC[C@H]1C(=C)C. The molecule has 2 aliphatic carbocycles. The zero-order valence-electron chi connectivity index (χ0n) is 20.3. The molecule has 3 heteroatoms. The molecule has 0 saturated heterocycles. The lowest BCUT2D eigenvalue weighted by molar-refractivity contribution is -0.128. The van der Waals surface area contributed by atoms with Gasteiger partial charge in [-0.1, -0.05) is 52.0 Å². The quantitative estimate of drug-likeness (QED) is 0.443. The molecule has 2 saturated carbocycles. The van der Waals surface area contributed by atoms with Crippen LogP contribution in [-0.4, -0.2) is 39.6 Å². The Hall–Kier alpha value is -0.640. The maximum absolute atomic E-state index is 6.48. The van der Waals surface area contributed by atoms with E-state index in [4.69, 9.17) is 14.2 Å². The van der Waals surface area contributed by atoms with Gasteiger partial charge >= 0.3 is 0 Å². The molecule has 0 aromatic carbocycles. The van der Waals surface area contributed by atoms with Crippen molar-refractivity contribution in [1.29, 1.82) is 0 Å². The van der Waals surface area contributed by atoms with Crippen molar-refractivity contribution < 1.29 is 14.2 Å². The van der Waals surface area contributed by atoms with Crippen LogP contribution in [0.4, 0.5) is 0 Å². The number of hydrogen-bond acceptors (Lipinski definition) is 3. The molecule has 2 aliphatic rings. The average molecular weight is 407 g/mol. The molecule has 2 rings (SSSR count). The summed E-state index contributed by atoms with van der Waals surface area (Å²) in [7, 11) is 3.70. The molecule has 0 heterocycles. The maximum atomic E-state index is 6.48. The fourth-order valence-electron chi connectivity index (χ4n) is 6.31. The summed E-state index contributed by atoms with van der Waals surface area (Å²) in [5.41, 5.74) is 2.84. The summed E-state index contributed by atoms with van der Waals surface area (Å²) >= 11 is 0. The Labute approximate surface area is 180 Å². The molecule has 2 fully saturated rings. The maximum Gasteiger partial charge on any atom is 0.0678 e. The van der Waals surface area contributed by atoms with Gasteiger partial charge in [0.1, 0.15) is 0 Å². The van der Waals surface area contributed by atoms with E-state index in [0.717, 1.165) is 13.2 Å². The average Bonchev–Trinajstić information content (AvgIpc) is 2.60. The summed E-state index contributed by atoms with van der Waals surface area (Å²) in [6, 6.07) is 0. The van der Waals surface area contributed by atoms with Gasteiger partial charge in [0.2, 0.25) is 0 Å². The normalized spacial score (nSPS) is 36.6. The highest BCUT2D eigenvalue weighted by Crippen LogP contribution is 2.48. The summed E-state index contributed by atoms with van der Waals surface area (Å²) in [6.45, 7) is 23.6. The molecule has 0 unspecified atom stereocenters. The zero-order valence-corrected chi connectivity index (χ0v) is 20.3. The molecule has 0 N–H and O–H groups in total. The Balaban J connectivity index is 2.14. The van der Waals surface area contributed by atoms with E-state index in [0.29, 0.717) is 23.7 Å². The topological polar surface area (TPSA) is 27.7 Å². The van der Waals surface area contributed by atoms with Gasteiger partial charge in [0.05, 0.1) is 25.4 Å². The van der Waals surface area contributed by atoms with Crippen LogP contribution in [0.3, 0.4) is 0 Å². The number of methoxy groups -OCH3 is 2. The van der Waals surface area contributed by atoms with Gasteiger partial charge in [-0.3, -0.25) is 0 Å². The van der Waals surface area contributed by atoms with Crippen LogP contribution >= 0.6 is 0 Å². The lowest BCUT2D eigenvalue weighted by Gasteiger charge is -2.49. The van der Waals surface area contributed by atoms with Crippen LogP contribution in [0.25, 0.3) is 0 Å². The van der Waals surface area contributed by atoms with Crippen LogP contribution in [-0.2, 0) is 14.2 Å². The standard InChI is InChI=1S/C26H46O3/c1-17(2)19-11-13-25(5,6)23(27-9)21(19)15-29-16-22-20(18(3)4)12-14-26(7,8)24(22)28-10/h19-24H,1,3,11-16H2,2,4-10H3/t19-,20-,21+,22+,23+,24+/m0/s1. The molecule has 0 spiro atoms. The first-order valence-electron chi connectivity index (χ1n) is 11.4. The summed E-state index contributed by atoms with van der Waals surface area (Å²) in [4.78, 5) is 0. The van der Waals surface area contributed by atoms with Gasteiger partial charge in [-0.05, 0) is 62.2 Å². The third-order valence-electron chi connectivity index (χ3n) is 7.95. The summed E-state index contributed by atoms with van der Waals surface area (Å²) in [5.74, 6) is 1.63. The second kappa shape index (κ2) is 9.66. The van der Waals surface area contributed by atoms with Crippen LogP contribution in [0.2, 0.25) is 0 Å². The van der Waals surface area contributed by atoms with Crippen molar-refractivity contribution in [3.05, 3.63) is 24.3 Å². The third kappa shape index (κ3) is 5.35. The lowest BCUT2D eigenvalue weighted by Crippen LogP contribution is -2.49.